The molecule has 0 aliphatic carbocycles. The molecular formula is C19H14N2O4. The third-order valence-electron chi connectivity index (χ3n) is 3.71. The van der Waals surface area contributed by atoms with Gasteiger partial charge in [-0.3, -0.25) is 0 Å². The number of aromatic nitrogens is 2. The SMILES string of the molecule is CCOc1cccc2cc(-c3nc(-c4ccccc4)no3)c(=O)oc12. The average Bonchev–Trinajstić information content (AvgIpc) is 3.13. The molecule has 0 atom stereocenters. The first-order valence-electron chi connectivity index (χ1n) is 7.85. The van der Waals surface area contributed by atoms with Crippen molar-refractivity contribution in [2.24, 2.45) is 0 Å². The van der Waals surface area contributed by atoms with Gasteiger partial charge < -0.3 is 13.7 Å². The summed E-state index contributed by atoms with van der Waals surface area (Å²) < 4.78 is 16.2. The third kappa shape index (κ3) is 2.78. The van der Waals surface area contributed by atoms with E-state index in [-0.39, 0.29) is 11.5 Å². The summed E-state index contributed by atoms with van der Waals surface area (Å²) in [4.78, 5) is 16.7. The molecule has 25 heavy (non-hydrogen) atoms. The van der Waals surface area contributed by atoms with Crippen LogP contribution in [0, 0.1) is 0 Å². The van der Waals surface area contributed by atoms with Crippen molar-refractivity contribution < 1.29 is 13.7 Å². The molecule has 0 unspecified atom stereocenters. The summed E-state index contributed by atoms with van der Waals surface area (Å²) in [6.45, 7) is 2.35. The molecule has 0 saturated heterocycles. The molecule has 0 aliphatic rings. The summed E-state index contributed by atoms with van der Waals surface area (Å²) in [7, 11) is 0. The van der Waals surface area contributed by atoms with E-state index in [4.69, 9.17) is 13.7 Å². The minimum Gasteiger partial charge on any atom is -0.490 e. The van der Waals surface area contributed by atoms with Crippen LogP contribution in [0.25, 0.3) is 33.8 Å². The quantitative estimate of drug-likeness (QED) is 0.527. The van der Waals surface area contributed by atoms with Gasteiger partial charge in [-0.05, 0) is 19.1 Å². The van der Waals surface area contributed by atoms with Crippen molar-refractivity contribution in [3.63, 3.8) is 0 Å². The molecule has 0 N–H and O–H groups in total. The largest absolute Gasteiger partial charge is 0.490 e. The van der Waals surface area contributed by atoms with Crippen molar-refractivity contribution in [2.75, 3.05) is 6.61 Å². The topological polar surface area (TPSA) is 78.4 Å². The van der Waals surface area contributed by atoms with Gasteiger partial charge in [-0.1, -0.05) is 47.6 Å². The number of para-hydroxylation sites is 1. The normalized spacial score (nSPS) is 10.9. The molecule has 2 heterocycles. The van der Waals surface area contributed by atoms with Crippen LogP contribution >= 0.6 is 0 Å². The van der Waals surface area contributed by atoms with Crippen molar-refractivity contribution in [2.45, 2.75) is 6.92 Å². The van der Waals surface area contributed by atoms with Gasteiger partial charge in [-0.15, -0.1) is 0 Å². The molecule has 0 saturated carbocycles. The van der Waals surface area contributed by atoms with E-state index in [1.54, 1.807) is 12.1 Å². The maximum absolute atomic E-state index is 12.4. The second kappa shape index (κ2) is 6.24. The van der Waals surface area contributed by atoms with Crippen molar-refractivity contribution in [1.29, 1.82) is 0 Å². The first-order chi connectivity index (χ1) is 12.3. The van der Waals surface area contributed by atoms with Crippen LogP contribution in [-0.4, -0.2) is 16.7 Å². The van der Waals surface area contributed by atoms with Crippen LogP contribution in [-0.2, 0) is 0 Å². The van der Waals surface area contributed by atoms with Crippen LogP contribution in [0.4, 0.5) is 0 Å². The van der Waals surface area contributed by atoms with E-state index >= 15 is 0 Å². The van der Waals surface area contributed by atoms with Crippen LogP contribution in [0.15, 0.2) is 68.3 Å². The maximum Gasteiger partial charge on any atom is 0.349 e. The summed E-state index contributed by atoms with van der Waals surface area (Å²) in [5.41, 5.74) is 0.876. The second-order valence-corrected chi connectivity index (χ2v) is 5.34. The Labute approximate surface area is 142 Å². The summed E-state index contributed by atoms with van der Waals surface area (Å²) in [5.74, 6) is 1.06. The monoisotopic (exact) mass is 334 g/mol. The number of hydrogen-bond donors (Lipinski definition) is 0. The Kier molecular flexibility index (Phi) is 3.78. The Balaban J connectivity index is 1.81. The third-order valence-corrected chi connectivity index (χ3v) is 3.71. The van der Waals surface area contributed by atoms with Gasteiger partial charge in [0.1, 0.15) is 5.56 Å². The number of hydrogen-bond acceptors (Lipinski definition) is 6. The van der Waals surface area contributed by atoms with Crippen LogP contribution in [0.3, 0.4) is 0 Å². The van der Waals surface area contributed by atoms with Crippen molar-refractivity contribution in [1.82, 2.24) is 10.1 Å². The van der Waals surface area contributed by atoms with Gasteiger partial charge in [-0.2, -0.15) is 4.98 Å². The molecule has 4 rings (SSSR count). The van der Waals surface area contributed by atoms with Crippen molar-refractivity contribution in [3.05, 3.63) is 65.0 Å². The first-order valence-corrected chi connectivity index (χ1v) is 7.85. The first kappa shape index (κ1) is 15.1. The molecule has 0 spiro atoms. The molecule has 0 amide bonds. The van der Waals surface area contributed by atoms with Gasteiger partial charge in [0.25, 0.3) is 5.89 Å². The van der Waals surface area contributed by atoms with Crippen LogP contribution < -0.4 is 10.4 Å². The van der Waals surface area contributed by atoms with Gasteiger partial charge in [0, 0.05) is 10.9 Å². The summed E-state index contributed by atoms with van der Waals surface area (Å²) in [6.07, 6.45) is 0. The number of nitrogens with zero attached hydrogens (tertiary/aromatic N) is 2. The lowest BCUT2D eigenvalue weighted by Crippen LogP contribution is -2.04. The smallest absolute Gasteiger partial charge is 0.349 e. The molecule has 6 heteroatoms. The fourth-order valence-electron chi connectivity index (χ4n) is 2.57. The van der Waals surface area contributed by atoms with Gasteiger partial charge in [0.2, 0.25) is 5.82 Å². The molecule has 0 aliphatic heterocycles. The zero-order chi connectivity index (χ0) is 17.2. The fourth-order valence-corrected chi connectivity index (χ4v) is 2.57. The Morgan fingerprint density at radius 2 is 1.92 bits per heavy atom. The number of rotatable bonds is 4. The molecule has 2 aromatic carbocycles. The number of fused-ring (bicyclic) bond motifs is 1. The summed E-state index contributed by atoms with van der Waals surface area (Å²) in [6, 6.07) is 16.5. The minimum absolute atomic E-state index is 0.122. The Hall–Kier alpha value is -3.41. The molecule has 0 fully saturated rings. The highest BCUT2D eigenvalue weighted by molar-refractivity contribution is 5.85. The van der Waals surface area contributed by atoms with Crippen molar-refractivity contribution in [3.8, 4) is 28.6 Å². The predicted molar refractivity (Wildman–Crippen MR) is 92.4 cm³/mol. The van der Waals surface area contributed by atoms with Crippen LogP contribution in [0.1, 0.15) is 6.92 Å². The predicted octanol–water partition coefficient (Wildman–Crippen LogP) is 3.91. The zero-order valence-corrected chi connectivity index (χ0v) is 13.4. The second-order valence-electron chi connectivity index (χ2n) is 5.34. The Morgan fingerprint density at radius 1 is 1.08 bits per heavy atom. The molecule has 0 bridgehead atoms. The minimum atomic E-state index is -0.553. The highest BCUT2D eigenvalue weighted by Gasteiger charge is 2.17. The number of ether oxygens (including phenoxy) is 1. The van der Waals surface area contributed by atoms with E-state index in [0.717, 1.165) is 10.9 Å². The van der Waals surface area contributed by atoms with Gasteiger partial charge in [0.15, 0.2) is 11.3 Å². The van der Waals surface area contributed by atoms with E-state index in [0.29, 0.717) is 23.8 Å². The molecule has 0 radical (unpaired) electrons. The highest BCUT2D eigenvalue weighted by atomic mass is 16.5. The van der Waals surface area contributed by atoms with Gasteiger partial charge >= 0.3 is 5.63 Å². The van der Waals surface area contributed by atoms with E-state index in [1.165, 1.54) is 0 Å². The lowest BCUT2D eigenvalue weighted by Gasteiger charge is -2.05. The molecular weight excluding hydrogens is 320 g/mol. The highest BCUT2D eigenvalue weighted by Crippen LogP contribution is 2.28. The molecule has 124 valence electrons. The molecule has 2 aromatic heterocycles. The van der Waals surface area contributed by atoms with E-state index in [9.17, 15) is 4.79 Å². The lowest BCUT2D eigenvalue weighted by atomic mass is 10.1. The van der Waals surface area contributed by atoms with Gasteiger partial charge in [-0.25, -0.2) is 4.79 Å². The molecule has 6 nitrogen and oxygen atoms in total. The molecule has 4 aromatic rings. The van der Waals surface area contributed by atoms with E-state index in [1.807, 2.05) is 49.4 Å². The Bertz CT molecular complexity index is 1080. The average molecular weight is 334 g/mol. The maximum atomic E-state index is 12.4. The van der Waals surface area contributed by atoms with Crippen molar-refractivity contribution >= 4 is 11.0 Å². The zero-order valence-electron chi connectivity index (χ0n) is 13.4. The number of benzene rings is 2. The summed E-state index contributed by atoms with van der Waals surface area (Å²) >= 11 is 0. The van der Waals surface area contributed by atoms with Gasteiger partial charge in [0.05, 0.1) is 6.61 Å². The summed E-state index contributed by atoms with van der Waals surface area (Å²) in [5, 5.41) is 4.66. The Morgan fingerprint density at radius 3 is 2.72 bits per heavy atom. The van der Waals surface area contributed by atoms with E-state index < -0.39 is 5.63 Å². The van der Waals surface area contributed by atoms with Crippen LogP contribution in [0.2, 0.25) is 0 Å². The van der Waals surface area contributed by atoms with E-state index in [2.05, 4.69) is 10.1 Å². The lowest BCUT2D eigenvalue weighted by molar-refractivity contribution is 0.337. The van der Waals surface area contributed by atoms with Crippen LogP contribution in [0.5, 0.6) is 5.75 Å². The standard InChI is InChI=1S/C19H14N2O4/c1-2-23-15-10-6-9-13-11-14(19(22)24-16(13)15)18-20-17(21-25-18)12-7-4-3-5-8-12/h3-11H,2H2,1H3. The fraction of sp³-hybridized carbons (Fsp3) is 0.105.